The molecule has 0 fully saturated rings. The van der Waals surface area contributed by atoms with Crippen molar-refractivity contribution in [3.63, 3.8) is 0 Å². The molecule has 2 rings (SSSR count). The molecule has 0 unspecified atom stereocenters. The van der Waals surface area contributed by atoms with Crippen LogP contribution in [-0.2, 0) is 32.0 Å². The second-order valence-electron chi connectivity index (χ2n) is 6.42. The topological polar surface area (TPSA) is 84.5 Å². The third kappa shape index (κ3) is 8.08. The van der Waals surface area contributed by atoms with Crippen molar-refractivity contribution in [3.05, 3.63) is 71.3 Å². The lowest BCUT2D eigenvalue weighted by atomic mass is 10.1. The van der Waals surface area contributed by atoms with Crippen LogP contribution in [0.15, 0.2) is 48.5 Å². The molecule has 0 saturated carbocycles. The monoisotopic (exact) mass is 404 g/mol. The van der Waals surface area contributed by atoms with Gasteiger partial charge in [0.2, 0.25) is 11.8 Å². The van der Waals surface area contributed by atoms with Crippen LogP contribution in [0.25, 0.3) is 0 Å². The maximum Gasteiger partial charge on any atom is 0.325 e. The van der Waals surface area contributed by atoms with Crippen LogP contribution in [0.3, 0.4) is 0 Å². The van der Waals surface area contributed by atoms with Gasteiger partial charge in [0.25, 0.3) is 0 Å². The van der Waals surface area contributed by atoms with Crippen LogP contribution in [0.1, 0.15) is 18.1 Å². The maximum absolute atomic E-state index is 13.2. The molecule has 154 valence electrons. The number of halogens is 2. The normalized spacial score (nSPS) is 11.4. The lowest BCUT2D eigenvalue weighted by Crippen LogP contribution is -2.46. The van der Waals surface area contributed by atoms with Gasteiger partial charge in [-0.05, 0) is 30.2 Å². The van der Waals surface area contributed by atoms with Crippen molar-refractivity contribution in [2.24, 2.45) is 0 Å². The van der Waals surface area contributed by atoms with E-state index >= 15 is 0 Å². The molecule has 0 aliphatic carbocycles. The molecule has 29 heavy (non-hydrogen) atoms. The third-order valence-electron chi connectivity index (χ3n) is 3.96. The smallest absolute Gasteiger partial charge is 0.325 e. The largest absolute Gasteiger partial charge is 0.464 e. The van der Waals surface area contributed by atoms with Crippen molar-refractivity contribution in [2.45, 2.75) is 25.8 Å². The molecule has 0 heterocycles. The SMILES string of the molecule is C[C@H](NC(=O)Cc1cc(F)cc(F)c1)C(=O)NCC(=O)OCCc1ccccc1. The standard InChI is InChI=1S/C21H22F2N2O4/c1-14(25-19(26)11-16-9-17(22)12-18(23)10-16)21(28)24-13-20(27)29-8-7-15-5-3-2-4-6-15/h2-6,9-10,12,14H,7-8,11,13H2,1H3,(H,24,28)(H,25,26)/t14-/m0/s1. The Labute approximate surface area is 167 Å². The van der Waals surface area contributed by atoms with Gasteiger partial charge in [-0.15, -0.1) is 0 Å². The number of carbonyl (C=O) groups excluding carboxylic acids is 3. The quantitative estimate of drug-likeness (QED) is 0.626. The van der Waals surface area contributed by atoms with Gasteiger partial charge in [-0.2, -0.15) is 0 Å². The predicted molar refractivity (Wildman–Crippen MR) is 102 cm³/mol. The first-order valence-corrected chi connectivity index (χ1v) is 9.05. The molecule has 0 aliphatic rings. The van der Waals surface area contributed by atoms with Crippen LogP contribution in [0.5, 0.6) is 0 Å². The summed E-state index contributed by atoms with van der Waals surface area (Å²) in [5, 5.41) is 4.78. The third-order valence-corrected chi connectivity index (χ3v) is 3.96. The summed E-state index contributed by atoms with van der Waals surface area (Å²) in [6, 6.07) is 11.3. The summed E-state index contributed by atoms with van der Waals surface area (Å²) >= 11 is 0. The van der Waals surface area contributed by atoms with E-state index in [9.17, 15) is 23.2 Å². The van der Waals surface area contributed by atoms with E-state index in [0.717, 1.165) is 17.7 Å². The zero-order valence-corrected chi connectivity index (χ0v) is 15.9. The van der Waals surface area contributed by atoms with Crippen LogP contribution < -0.4 is 10.6 Å². The van der Waals surface area contributed by atoms with Gasteiger partial charge < -0.3 is 15.4 Å². The molecule has 0 saturated heterocycles. The lowest BCUT2D eigenvalue weighted by molar-refractivity contribution is -0.144. The van der Waals surface area contributed by atoms with Gasteiger partial charge in [0.15, 0.2) is 0 Å². The number of benzene rings is 2. The van der Waals surface area contributed by atoms with Crippen molar-refractivity contribution in [1.82, 2.24) is 10.6 Å². The van der Waals surface area contributed by atoms with Gasteiger partial charge >= 0.3 is 5.97 Å². The summed E-state index contributed by atoms with van der Waals surface area (Å²) in [5.74, 6) is -3.33. The predicted octanol–water partition coefficient (Wildman–Crippen LogP) is 1.91. The highest BCUT2D eigenvalue weighted by Crippen LogP contribution is 2.08. The van der Waals surface area contributed by atoms with Gasteiger partial charge in [-0.3, -0.25) is 14.4 Å². The minimum Gasteiger partial charge on any atom is -0.464 e. The molecule has 8 heteroatoms. The van der Waals surface area contributed by atoms with Crippen molar-refractivity contribution >= 4 is 17.8 Å². The maximum atomic E-state index is 13.2. The number of ether oxygens (including phenoxy) is 1. The average Bonchev–Trinajstić information content (AvgIpc) is 2.66. The van der Waals surface area contributed by atoms with Crippen molar-refractivity contribution in [1.29, 1.82) is 0 Å². The van der Waals surface area contributed by atoms with Crippen LogP contribution >= 0.6 is 0 Å². The minimum atomic E-state index is -0.932. The highest BCUT2D eigenvalue weighted by molar-refractivity contribution is 5.89. The zero-order chi connectivity index (χ0) is 21.2. The molecule has 2 amide bonds. The summed E-state index contributed by atoms with van der Waals surface area (Å²) in [6.45, 7) is 1.29. The van der Waals surface area contributed by atoms with E-state index in [1.165, 1.54) is 6.92 Å². The fourth-order valence-corrected chi connectivity index (χ4v) is 2.55. The van der Waals surface area contributed by atoms with E-state index in [-0.39, 0.29) is 25.1 Å². The Balaban J connectivity index is 1.68. The highest BCUT2D eigenvalue weighted by atomic mass is 19.1. The van der Waals surface area contributed by atoms with E-state index in [4.69, 9.17) is 4.74 Å². The second-order valence-corrected chi connectivity index (χ2v) is 6.42. The van der Waals surface area contributed by atoms with Crippen molar-refractivity contribution in [2.75, 3.05) is 13.2 Å². The molecular formula is C21H22F2N2O4. The molecule has 2 aromatic carbocycles. The summed E-state index contributed by atoms with van der Waals surface area (Å²) < 4.78 is 31.3. The highest BCUT2D eigenvalue weighted by Gasteiger charge is 2.17. The number of hydrogen-bond donors (Lipinski definition) is 2. The molecular weight excluding hydrogens is 382 g/mol. The number of rotatable bonds is 9. The van der Waals surface area contributed by atoms with Crippen LogP contribution in [-0.4, -0.2) is 37.0 Å². The van der Waals surface area contributed by atoms with E-state index < -0.39 is 35.5 Å². The van der Waals surface area contributed by atoms with Crippen LogP contribution in [0.2, 0.25) is 0 Å². The lowest BCUT2D eigenvalue weighted by Gasteiger charge is -2.14. The molecule has 0 aromatic heterocycles. The molecule has 1 atom stereocenters. The van der Waals surface area contributed by atoms with E-state index in [2.05, 4.69) is 10.6 Å². The molecule has 0 aliphatic heterocycles. The molecule has 0 bridgehead atoms. The summed E-state index contributed by atoms with van der Waals surface area (Å²) in [6.07, 6.45) is 0.279. The Hall–Kier alpha value is -3.29. The van der Waals surface area contributed by atoms with Gasteiger partial charge in [0.05, 0.1) is 13.0 Å². The minimum absolute atomic E-state index is 0.148. The Morgan fingerprint density at radius 1 is 1.00 bits per heavy atom. The number of hydrogen-bond acceptors (Lipinski definition) is 4. The number of esters is 1. The van der Waals surface area contributed by atoms with E-state index in [1.54, 1.807) is 0 Å². The zero-order valence-electron chi connectivity index (χ0n) is 15.9. The molecule has 0 radical (unpaired) electrons. The fourth-order valence-electron chi connectivity index (χ4n) is 2.55. The molecule has 2 N–H and O–H groups in total. The van der Waals surface area contributed by atoms with Crippen molar-refractivity contribution < 1.29 is 27.9 Å². The first kappa shape index (κ1) is 22.0. The van der Waals surface area contributed by atoms with Gasteiger partial charge in [0.1, 0.15) is 24.2 Å². The van der Waals surface area contributed by atoms with E-state index in [1.807, 2.05) is 30.3 Å². The summed E-state index contributed by atoms with van der Waals surface area (Å²) in [5.41, 5.74) is 1.17. The van der Waals surface area contributed by atoms with Crippen molar-refractivity contribution in [3.8, 4) is 0 Å². The molecule has 2 aromatic rings. The second kappa shape index (κ2) is 10.9. The summed E-state index contributed by atoms with van der Waals surface area (Å²) in [7, 11) is 0. The Morgan fingerprint density at radius 2 is 1.66 bits per heavy atom. The Bertz CT molecular complexity index is 839. The van der Waals surface area contributed by atoms with Gasteiger partial charge in [-0.1, -0.05) is 30.3 Å². The number of carbonyl (C=O) groups is 3. The Morgan fingerprint density at radius 3 is 2.31 bits per heavy atom. The number of amides is 2. The van der Waals surface area contributed by atoms with Gasteiger partial charge in [0, 0.05) is 12.5 Å². The first-order chi connectivity index (χ1) is 13.8. The van der Waals surface area contributed by atoms with Crippen LogP contribution in [0.4, 0.5) is 8.78 Å². The molecule has 0 spiro atoms. The fraction of sp³-hybridized carbons (Fsp3) is 0.286. The van der Waals surface area contributed by atoms with E-state index in [0.29, 0.717) is 12.5 Å². The first-order valence-electron chi connectivity index (χ1n) is 9.05. The average molecular weight is 404 g/mol. The number of nitrogens with one attached hydrogen (secondary N) is 2. The van der Waals surface area contributed by atoms with Crippen LogP contribution in [0, 0.1) is 11.6 Å². The Kier molecular flexibility index (Phi) is 8.27. The van der Waals surface area contributed by atoms with Gasteiger partial charge in [-0.25, -0.2) is 8.78 Å². The molecule has 6 nitrogen and oxygen atoms in total. The summed E-state index contributed by atoms with van der Waals surface area (Å²) in [4.78, 5) is 35.6.